The molecule has 1 aliphatic rings. The Hall–Kier alpha value is -2.32. The highest BCUT2D eigenvalue weighted by Gasteiger charge is 2.26. The van der Waals surface area contributed by atoms with E-state index in [1.807, 2.05) is 30.3 Å². The number of β-amino-alcohol motifs (C(OH)–C–C–N with tert-alkyl or cyclic N) is 1. The molecule has 1 saturated heterocycles. The van der Waals surface area contributed by atoms with Crippen LogP contribution in [0.5, 0.6) is 0 Å². The molecule has 1 heterocycles. The minimum atomic E-state index is -0.473. The van der Waals surface area contributed by atoms with Gasteiger partial charge in [0.1, 0.15) is 5.82 Å². The zero-order valence-corrected chi connectivity index (χ0v) is 18.0. The maximum atomic E-state index is 13.6. The summed E-state index contributed by atoms with van der Waals surface area (Å²) in [4.78, 5) is 16.7. The van der Waals surface area contributed by atoms with Crippen molar-refractivity contribution in [3.8, 4) is 0 Å². The molecule has 0 aliphatic carbocycles. The number of aliphatic hydroxyl groups is 1. The Morgan fingerprint density at radius 3 is 2.84 bits per heavy atom. The van der Waals surface area contributed by atoms with Gasteiger partial charge in [0.15, 0.2) is 0 Å². The molecule has 0 spiro atoms. The standard InChI is InChI=1S/C24H31FN2O4/c1-30-12-11-27(24(29)20-8-5-9-21(25)15-20)18-23-17-26(10-13-31-23)16-22(28)14-19-6-3-2-4-7-19/h2-9,15,22-23,28H,10-14,16-18H2,1H3/t22-,23+/m0/s1. The van der Waals surface area contributed by atoms with Crippen LogP contribution in [0.1, 0.15) is 15.9 Å². The summed E-state index contributed by atoms with van der Waals surface area (Å²) in [5, 5.41) is 10.5. The molecule has 2 aromatic carbocycles. The first-order valence-electron chi connectivity index (χ1n) is 10.6. The van der Waals surface area contributed by atoms with Crippen LogP contribution in [-0.2, 0) is 15.9 Å². The number of carbonyl (C=O) groups excluding carboxylic acids is 1. The van der Waals surface area contributed by atoms with Gasteiger partial charge in [0.2, 0.25) is 0 Å². The first-order valence-corrected chi connectivity index (χ1v) is 10.6. The SMILES string of the molecule is COCCN(C[C@H]1CN(C[C@@H](O)Cc2ccccc2)CCO1)C(=O)c1cccc(F)c1. The van der Waals surface area contributed by atoms with Crippen molar-refractivity contribution in [1.82, 2.24) is 9.80 Å². The van der Waals surface area contributed by atoms with E-state index in [1.54, 1.807) is 18.1 Å². The molecular weight excluding hydrogens is 399 g/mol. The van der Waals surface area contributed by atoms with E-state index in [2.05, 4.69) is 4.90 Å². The van der Waals surface area contributed by atoms with Crippen LogP contribution in [0.2, 0.25) is 0 Å². The zero-order chi connectivity index (χ0) is 22.1. The Kier molecular flexibility index (Phi) is 8.97. The molecule has 6 nitrogen and oxygen atoms in total. The summed E-state index contributed by atoms with van der Waals surface area (Å²) in [6, 6.07) is 15.6. The van der Waals surface area contributed by atoms with Gasteiger partial charge in [-0.05, 0) is 30.2 Å². The van der Waals surface area contributed by atoms with Gasteiger partial charge < -0.3 is 19.5 Å². The van der Waals surface area contributed by atoms with E-state index >= 15 is 0 Å². The van der Waals surface area contributed by atoms with Crippen molar-refractivity contribution in [3.63, 3.8) is 0 Å². The largest absolute Gasteiger partial charge is 0.391 e. The van der Waals surface area contributed by atoms with Crippen LogP contribution >= 0.6 is 0 Å². The number of nitrogens with zero attached hydrogens (tertiary/aromatic N) is 2. The molecule has 2 atom stereocenters. The van der Waals surface area contributed by atoms with Gasteiger partial charge in [0, 0.05) is 45.4 Å². The molecule has 31 heavy (non-hydrogen) atoms. The summed E-state index contributed by atoms with van der Waals surface area (Å²) in [6.07, 6.45) is -0.0624. The Morgan fingerprint density at radius 2 is 2.10 bits per heavy atom. The van der Waals surface area contributed by atoms with Crippen molar-refractivity contribution < 1.29 is 23.8 Å². The molecule has 168 valence electrons. The molecule has 3 rings (SSSR count). The lowest BCUT2D eigenvalue weighted by molar-refractivity contribution is -0.0515. The molecule has 1 N–H and O–H groups in total. The average Bonchev–Trinajstić information content (AvgIpc) is 2.77. The molecule has 1 fully saturated rings. The number of morpholine rings is 1. The topological polar surface area (TPSA) is 62.2 Å². The molecular formula is C24H31FN2O4. The van der Waals surface area contributed by atoms with Gasteiger partial charge >= 0.3 is 0 Å². The summed E-state index contributed by atoms with van der Waals surface area (Å²) in [6.45, 7) is 3.59. The van der Waals surface area contributed by atoms with Crippen molar-refractivity contribution in [2.75, 3.05) is 53.0 Å². The minimum Gasteiger partial charge on any atom is -0.391 e. The van der Waals surface area contributed by atoms with Gasteiger partial charge in [0.25, 0.3) is 5.91 Å². The fourth-order valence-electron chi connectivity index (χ4n) is 3.83. The van der Waals surface area contributed by atoms with Crippen LogP contribution in [0.15, 0.2) is 54.6 Å². The van der Waals surface area contributed by atoms with Crippen LogP contribution in [0.4, 0.5) is 4.39 Å². The number of halogens is 1. The lowest BCUT2D eigenvalue weighted by Gasteiger charge is -2.36. The summed E-state index contributed by atoms with van der Waals surface area (Å²) < 4.78 is 24.6. The highest BCUT2D eigenvalue weighted by molar-refractivity contribution is 5.94. The van der Waals surface area contributed by atoms with E-state index in [0.717, 1.165) is 12.1 Å². The van der Waals surface area contributed by atoms with Crippen molar-refractivity contribution in [2.24, 2.45) is 0 Å². The summed E-state index contributed by atoms with van der Waals surface area (Å²) in [7, 11) is 1.58. The third-order valence-electron chi connectivity index (χ3n) is 5.35. The van der Waals surface area contributed by atoms with E-state index in [4.69, 9.17) is 9.47 Å². The molecule has 1 amide bonds. The number of methoxy groups -OCH3 is 1. The van der Waals surface area contributed by atoms with Gasteiger partial charge in [-0.2, -0.15) is 0 Å². The monoisotopic (exact) mass is 430 g/mol. The smallest absolute Gasteiger partial charge is 0.254 e. The van der Waals surface area contributed by atoms with Crippen LogP contribution in [0, 0.1) is 5.82 Å². The molecule has 0 radical (unpaired) electrons. The molecule has 7 heteroatoms. The van der Waals surface area contributed by atoms with Crippen LogP contribution < -0.4 is 0 Å². The highest BCUT2D eigenvalue weighted by atomic mass is 19.1. The summed E-state index contributed by atoms with van der Waals surface area (Å²) >= 11 is 0. The Morgan fingerprint density at radius 1 is 1.29 bits per heavy atom. The third kappa shape index (κ3) is 7.40. The molecule has 0 bridgehead atoms. The lowest BCUT2D eigenvalue weighted by atomic mass is 10.1. The van der Waals surface area contributed by atoms with E-state index in [9.17, 15) is 14.3 Å². The Labute approximate surface area is 183 Å². The number of rotatable bonds is 10. The van der Waals surface area contributed by atoms with E-state index in [1.165, 1.54) is 18.2 Å². The predicted molar refractivity (Wildman–Crippen MR) is 117 cm³/mol. The number of benzene rings is 2. The Bertz CT molecular complexity index is 820. The predicted octanol–water partition coefficient (Wildman–Crippen LogP) is 2.22. The number of amides is 1. The van der Waals surface area contributed by atoms with Gasteiger partial charge in [-0.1, -0.05) is 36.4 Å². The molecule has 0 unspecified atom stereocenters. The van der Waals surface area contributed by atoms with E-state index in [0.29, 0.717) is 51.4 Å². The zero-order valence-electron chi connectivity index (χ0n) is 18.0. The molecule has 0 saturated carbocycles. The number of aliphatic hydroxyl groups excluding tert-OH is 1. The van der Waals surface area contributed by atoms with Crippen molar-refractivity contribution >= 4 is 5.91 Å². The maximum absolute atomic E-state index is 13.6. The first-order chi connectivity index (χ1) is 15.0. The fraction of sp³-hybridized carbons (Fsp3) is 0.458. The number of hydrogen-bond acceptors (Lipinski definition) is 5. The average molecular weight is 431 g/mol. The second-order valence-corrected chi connectivity index (χ2v) is 7.85. The van der Waals surface area contributed by atoms with Gasteiger partial charge in [-0.3, -0.25) is 9.69 Å². The molecule has 1 aliphatic heterocycles. The van der Waals surface area contributed by atoms with Crippen LogP contribution in [0.25, 0.3) is 0 Å². The highest BCUT2D eigenvalue weighted by Crippen LogP contribution is 2.13. The minimum absolute atomic E-state index is 0.188. The second kappa shape index (κ2) is 11.9. The number of hydrogen-bond donors (Lipinski definition) is 1. The normalized spacial score (nSPS) is 18.0. The summed E-state index contributed by atoms with van der Waals surface area (Å²) in [5.41, 5.74) is 1.41. The van der Waals surface area contributed by atoms with Crippen molar-refractivity contribution in [1.29, 1.82) is 0 Å². The maximum Gasteiger partial charge on any atom is 0.254 e. The molecule has 0 aromatic heterocycles. The molecule has 2 aromatic rings. The third-order valence-corrected chi connectivity index (χ3v) is 5.35. The van der Waals surface area contributed by atoms with Gasteiger partial charge in [-0.25, -0.2) is 4.39 Å². The van der Waals surface area contributed by atoms with Crippen molar-refractivity contribution in [3.05, 3.63) is 71.5 Å². The van der Waals surface area contributed by atoms with E-state index in [-0.39, 0.29) is 12.0 Å². The van der Waals surface area contributed by atoms with Crippen LogP contribution in [-0.4, -0.2) is 86.1 Å². The number of carbonyl (C=O) groups is 1. The van der Waals surface area contributed by atoms with Gasteiger partial charge in [-0.15, -0.1) is 0 Å². The van der Waals surface area contributed by atoms with E-state index < -0.39 is 11.9 Å². The van der Waals surface area contributed by atoms with Crippen molar-refractivity contribution in [2.45, 2.75) is 18.6 Å². The number of ether oxygens (including phenoxy) is 2. The quantitative estimate of drug-likeness (QED) is 0.626. The Balaban J connectivity index is 1.57. The lowest BCUT2D eigenvalue weighted by Crippen LogP contribution is -2.51. The van der Waals surface area contributed by atoms with Crippen LogP contribution in [0.3, 0.4) is 0 Å². The first kappa shape index (κ1) is 23.3. The summed E-state index contributed by atoms with van der Waals surface area (Å²) in [5.74, 6) is -0.688. The second-order valence-electron chi connectivity index (χ2n) is 7.85. The fourth-order valence-corrected chi connectivity index (χ4v) is 3.83. The van der Waals surface area contributed by atoms with Gasteiger partial charge in [0.05, 0.1) is 25.4 Å².